The van der Waals surface area contributed by atoms with Gasteiger partial charge in [0.05, 0.1) is 9.82 Å². The number of urea groups is 1. The SMILES string of the molecule is CCCCNC(=O)NS(=O)(=O)c1ccc(NC(=O)c2ccc([N+](=O)[O-])cc2)cc1. The zero-order valence-electron chi connectivity index (χ0n) is 15.5. The Labute approximate surface area is 167 Å². The molecule has 0 aliphatic rings. The molecule has 2 aromatic carbocycles. The Hall–Kier alpha value is -3.47. The predicted molar refractivity (Wildman–Crippen MR) is 106 cm³/mol. The van der Waals surface area contributed by atoms with Gasteiger partial charge in [-0.25, -0.2) is 17.9 Å². The average Bonchev–Trinajstić information content (AvgIpc) is 2.68. The molecule has 0 aliphatic carbocycles. The number of benzene rings is 2. The summed E-state index contributed by atoms with van der Waals surface area (Å²) >= 11 is 0. The minimum atomic E-state index is -4.05. The van der Waals surface area contributed by atoms with Crippen LogP contribution in [-0.4, -0.2) is 31.8 Å². The molecule has 10 nitrogen and oxygen atoms in total. The first kappa shape index (κ1) is 21.8. The number of nitrogens with zero attached hydrogens (tertiary/aromatic N) is 1. The van der Waals surface area contributed by atoms with E-state index in [1.807, 2.05) is 11.6 Å². The van der Waals surface area contributed by atoms with Crippen LogP contribution in [0.2, 0.25) is 0 Å². The van der Waals surface area contributed by atoms with Gasteiger partial charge in [0, 0.05) is 29.9 Å². The van der Waals surface area contributed by atoms with E-state index in [1.165, 1.54) is 48.5 Å². The van der Waals surface area contributed by atoms with Crippen LogP contribution in [0.1, 0.15) is 30.1 Å². The van der Waals surface area contributed by atoms with Gasteiger partial charge >= 0.3 is 6.03 Å². The molecule has 0 heterocycles. The van der Waals surface area contributed by atoms with Crippen LogP contribution in [0.15, 0.2) is 53.4 Å². The molecular formula is C18H20N4O6S. The number of non-ortho nitro benzene ring substituents is 1. The largest absolute Gasteiger partial charge is 0.337 e. The van der Waals surface area contributed by atoms with Crippen molar-refractivity contribution in [2.45, 2.75) is 24.7 Å². The maximum Gasteiger partial charge on any atom is 0.328 e. The smallest absolute Gasteiger partial charge is 0.328 e. The van der Waals surface area contributed by atoms with Crippen molar-refractivity contribution in [3.05, 3.63) is 64.2 Å². The number of unbranched alkanes of at least 4 members (excludes halogenated alkanes) is 1. The van der Waals surface area contributed by atoms with Gasteiger partial charge < -0.3 is 10.6 Å². The second kappa shape index (κ2) is 9.64. The number of nitro benzene ring substituents is 1. The third-order valence-electron chi connectivity index (χ3n) is 3.81. The second-order valence-electron chi connectivity index (χ2n) is 6.00. The van der Waals surface area contributed by atoms with Gasteiger partial charge in [0.2, 0.25) is 0 Å². The molecule has 2 rings (SSSR count). The Balaban J connectivity index is 2.01. The number of sulfonamides is 1. The molecule has 0 fully saturated rings. The summed E-state index contributed by atoms with van der Waals surface area (Å²) in [6.07, 6.45) is 1.59. The number of hydrogen-bond donors (Lipinski definition) is 3. The number of carbonyl (C=O) groups is 2. The zero-order chi connectivity index (χ0) is 21.4. The summed E-state index contributed by atoms with van der Waals surface area (Å²) in [5.41, 5.74) is 0.389. The van der Waals surface area contributed by atoms with Gasteiger partial charge in [-0.1, -0.05) is 13.3 Å². The lowest BCUT2D eigenvalue weighted by molar-refractivity contribution is -0.384. The molecule has 154 valence electrons. The quantitative estimate of drug-likeness (QED) is 0.340. The topological polar surface area (TPSA) is 148 Å². The van der Waals surface area contributed by atoms with Crippen molar-refractivity contribution in [3.63, 3.8) is 0 Å². The van der Waals surface area contributed by atoms with Gasteiger partial charge in [0.25, 0.3) is 21.6 Å². The summed E-state index contributed by atoms with van der Waals surface area (Å²) in [7, 11) is -4.05. The minimum Gasteiger partial charge on any atom is -0.337 e. The molecule has 0 atom stereocenters. The maximum absolute atomic E-state index is 12.2. The van der Waals surface area contributed by atoms with E-state index in [2.05, 4.69) is 10.6 Å². The fraction of sp³-hybridized carbons (Fsp3) is 0.222. The first-order valence-corrected chi connectivity index (χ1v) is 10.2. The van der Waals surface area contributed by atoms with Crippen molar-refractivity contribution in [2.24, 2.45) is 0 Å². The van der Waals surface area contributed by atoms with Crippen LogP contribution in [0.4, 0.5) is 16.2 Å². The third kappa shape index (κ3) is 6.28. The number of carbonyl (C=O) groups excluding carboxylic acids is 2. The van der Waals surface area contributed by atoms with Crippen molar-refractivity contribution in [1.82, 2.24) is 10.0 Å². The number of hydrogen-bond acceptors (Lipinski definition) is 6. The van der Waals surface area contributed by atoms with Gasteiger partial charge in [0.15, 0.2) is 0 Å². The Morgan fingerprint density at radius 2 is 1.66 bits per heavy atom. The molecule has 0 aliphatic heterocycles. The monoisotopic (exact) mass is 420 g/mol. The molecule has 0 radical (unpaired) electrons. The molecule has 11 heteroatoms. The van der Waals surface area contributed by atoms with Crippen LogP contribution in [0.5, 0.6) is 0 Å². The van der Waals surface area contributed by atoms with E-state index in [4.69, 9.17) is 0 Å². The fourth-order valence-electron chi connectivity index (χ4n) is 2.25. The molecular weight excluding hydrogens is 400 g/mol. The highest BCUT2D eigenvalue weighted by atomic mass is 32.2. The molecule has 0 unspecified atom stereocenters. The van der Waals surface area contributed by atoms with Crippen molar-refractivity contribution in [3.8, 4) is 0 Å². The predicted octanol–water partition coefficient (Wildman–Crippen LogP) is 2.64. The van der Waals surface area contributed by atoms with E-state index >= 15 is 0 Å². The minimum absolute atomic E-state index is 0.137. The summed E-state index contributed by atoms with van der Waals surface area (Å²) in [6.45, 7) is 2.31. The van der Waals surface area contributed by atoms with Crippen LogP contribution in [0.25, 0.3) is 0 Å². The second-order valence-corrected chi connectivity index (χ2v) is 7.68. The number of rotatable bonds is 8. The van der Waals surface area contributed by atoms with Crippen molar-refractivity contribution in [2.75, 3.05) is 11.9 Å². The molecule has 0 saturated carbocycles. The Bertz CT molecular complexity index is 988. The van der Waals surface area contributed by atoms with E-state index in [0.29, 0.717) is 12.2 Å². The van der Waals surface area contributed by atoms with Gasteiger partial charge in [-0.3, -0.25) is 14.9 Å². The van der Waals surface area contributed by atoms with E-state index in [-0.39, 0.29) is 16.1 Å². The van der Waals surface area contributed by atoms with Crippen molar-refractivity contribution in [1.29, 1.82) is 0 Å². The van der Waals surface area contributed by atoms with E-state index < -0.39 is 26.9 Å². The van der Waals surface area contributed by atoms with Gasteiger partial charge in [0.1, 0.15) is 0 Å². The summed E-state index contributed by atoms with van der Waals surface area (Å²) in [5, 5.41) is 15.6. The maximum atomic E-state index is 12.2. The Kier molecular flexibility index (Phi) is 7.26. The van der Waals surface area contributed by atoms with Crippen LogP contribution < -0.4 is 15.4 Å². The normalized spacial score (nSPS) is 10.8. The lowest BCUT2D eigenvalue weighted by Crippen LogP contribution is -2.39. The number of nitro groups is 1. The standard InChI is InChI=1S/C18H20N4O6S/c1-2-3-12-19-18(24)21-29(27,28)16-10-6-14(7-11-16)20-17(23)13-4-8-15(9-5-13)22(25)26/h4-11H,2-3,12H2,1H3,(H,20,23)(H2,19,21,24). The first-order chi connectivity index (χ1) is 13.7. The van der Waals surface area contributed by atoms with Gasteiger partial charge in [-0.05, 0) is 42.8 Å². The van der Waals surface area contributed by atoms with Gasteiger partial charge in [-0.2, -0.15) is 0 Å². The molecule has 2 aromatic rings. The van der Waals surface area contributed by atoms with Crippen molar-refractivity contribution < 1.29 is 22.9 Å². The molecule has 0 spiro atoms. The number of anilines is 1. The number of amides is 3. The molecule has 0 bridgehead atoms. The summed E-state index contributed by atoms with van der Waals surface area (Å²) in [6, 6.07) is 9.46. The molecule has 29 heavy (non-hydrogen) atoms. The van der Waals surface area contributed by atoms with E-state index in [0.717, 1.165) is 12.8 Å². The van der Waals surface area contributed by atoms with Crippen LogP contribution in [0, 0.1) is 10.1 Å². The van der Waals surface area contributed by atoms with E-state index in [9.17, 15) is 28.1 Å². The van der Waals surface area contributed by atoms with E-state index in [1.54, 1.807) is 0 Å². The molecule has 0 saturated heterocycles. The first-order valence-electron chi connectivity index (χ1n) is 8.69. The average molecular weight is 420 g/mol. The van der Waals surface area contributed by atoms with Crippen LogP contribution in [-0.2, 0) is 10.0 Å². The highest BCUT2D eigenvalue weighted by Gasteiger charge is 2.17. The fourth-order valence-corrected chi connectivity index (χ4v) is 3.18. The molecule has 0 aromatic heterocycles. The zero-order valence-corrected chi connectivity index (χ0v) is 16.4. The lowest BCUT2D eigenvalue weighted by Gasteiger charge is -2.09. The summed E-state index contributed by atoms with van der Waals surface area (Å²) in [5.74, 6) is -0.510. The Morgan fingerprint density at radius 1 is 1.03 bits per heavy atom. The number of nitrogens with one attached hydrogen (secondary N) is 3. The Morgan fingerprint density at radius 3 is 2.21 bits per heavy atom. The highest BCUT2D eigenvalue weighted by molar-refractivity contribution is 7.90. The van der Waals surface area contributed by atoms with Gasteiger partial charge in [-0.15, -0.1) is 0 Å². The third-order valence-corrected chi connectivity index (χ3v) is 5.15. The van der Waals surface area contributed by atoms with Crippen LogP contribution >= 0.6 is 0 Å². The summed E-state index contributed by atoms with van der Waals surface area (Å²) in [4.78, 5) is 33.8. The lowest BCUT2D eigenvalue weighted by atomic mass is 10.2. The van der Waals surface area contributed by atoms with Crippen molar-refractivity contribution >= 4 is 33.3 Å². The summed E-state index contributed by atoms with van der Waals surface area (Å²) < 4.78 is 26.3. The van der Waals surface area contributed by atoms with Crippen LogP contribution in [0.3, 0.4) is 0 Å². The molecule has 3 N–H and O–H groups in total. The molecule has 3 amide bonds. The highest BCUT2D eigenvalue weighted by Crippen LogP contribution is 2.16.